The van der Waals surface area contributed by atoms with Gasteiger partial charge in [0.15, 0.2) is 0 Å². The molecule has 0 radical (unpaired) electrons. The molecule has 0 spiro atoms. The summed E-state index contributed by atoms with van der Waals surface area (Å²) in [5.74, 6) is -0.279. The first-order valence-electron chi connectivity index (χ1n) is 8.76. The minimum absolute atomic E-state index is 0.0956. The van der Waals surface area contributed by atoms with E-state index in [0.29, 0.717) is 26.2 Å². The van der Waals surface area contributed by atoms with Crippen molar-refractivity contribution < 1.29 is 13.9 Å². The van der Waals surface area contributed by atoms with Crippen LogP contribution in [0.25, 0.3) is 0 Å². The maximum atomic E-state index is 13.0. The van der Waals surface area contributed by atoms with Crippen molar-refractivity contribution in [3.8, 4) is 0 Å². The van der Waals surface area contributed by atoms with E-state index in [1.165, 1.54) is 12.1 Å². The zero-order chi connectivity index (χ0) is 18.2. The van der Waals surface area contributed by atoms with E-state index in [4.69, 9.17) is 4.74 Å². The van der Waals surface area contributed by atoms with Crippen LogP contribution < -0.4 is 10.6 Å². The molecule has 2 aromatic rings. The van der Waals surface area contributed by atoms with Gasteiger partial charge in [0, 0.05) is 32.0 Å². The summed E-state index contributed by atoms with van der Waals surface area (Å²) < 4.78 is 18.8. The summed E-state index contributed by atoms with van der Waals surface area (Å²) >= 11 is 0. The van der Waals surface area contributed by atoms with Crippen LogP contribution in [0.15, 0.2) is 48.8 Å². The molecule has 1 aromatic carbocycles. The van der Waals surface area contributed by atoms with Gasteiger partial charge in [-0.2, -0.15) is 0 Å². The zero-order valence-electron chi connectivity index (χ0n) is 14.5. The molecular formula is C19H23FN4O2. The standard InChI is InChI=1S/C19H23FN4O2/c20-16-6-4-15(5-7-16)18-14-24(11-12-26-18)19(25)23-10-2-9-22-17-3-1-8-21-13-17/h1,3-8,13,18,22H,2,9-12,14H2,(H,23,25)/t18-/m0/s1. The van der Waals surface area contributed by atoms with Crippen LogP contribution in [-0.4, -0.2) is 48.7 Å². The van der Waals surface area contributed by atoms with Crippen molar-refractivity contribution in [1.29, 1.82) is 0 Å². The van der Waals surface area contributed by atoms with Gasteiger partial charge in [-0.15, -0.1) is 0 Å². The van der Waals surface area contributed by atoms with Crippen molar-refractivity contribution in [1.82, 2.24) is 15.2 Å². The second kappa shape index (κ2) is 9.15. The molecule has 3 rings (SSSR count). The molecule has 6 nitrogen and oxygen atoms in total. The van der Waals surface area contributed by atoms with Crippen molar-refractivity contribution in [2.24, 2.45) is 0 Å². The van der Waals surface area contributed by atoms with Crippen LogP contribution in [0.3, 0.4) is 0 Å². The van der Waals surface area contributed by atoms with Crippen LogP contribution in [0.2, 0.25) is 0 Å². The van der Waals surface area contributed by atoms with Crippen molar-refractivity contribution in [2.45, 2.75) is 12.5 Å². The van der Waals surface area contributed by atoms with Crippen LogP contribution in [0.4, 0.5) is 14.9 Å². The summed E-state index contributed by atoms with van der Waals surface area (Å²) in [6.45, 7) is 2.83. The third-order valence-electron chi connectivity index (χ3n) is 4.22. The Bertz CT molecular complexity index is 696. The molecule has 2 heterocycles. The van der Waals surface area contributed by atoms with Gasteiger partial charge in [0.2, 0.25) is 0 Å². The van der Waals surface area contributed by atoms with Crippen LogP contribution in [-0.2, 0) is 4.74 Å². The lowest BCUT2D eigenvalue weighted by molar-refractivity contribution is -0.0154. The Morgan fingerprint density at radius 3 is 2.88 bits per heavy atom. The number of amides is 2. The number of pyridine rings is 1. The van der Waals surface area contributed by atoms with Gasteiger partial charge in [0.1, 0.15) is 11.9 Å². The van der Waals surface area contributed by atoms with E-state index >= 15 is 0 Å². The Morgan fingerprint density at radius 1 is 1.27 bits per heavy atom. The molecule has 1 aliphatic heterocycles. The van der Waals surface area contributed by atoms with Crippen molar-refractivity contribution in [3.63, 3.8) is 0 Å². The molecule has 1 atom stereocenters. The fraction of sp³-hybridized carbons (Fsp3) is 0.368. The highest BCUT2D eigenvalue weighted by atomic mass is 19.1. The Labute approximate surface area is 152 Å². The Morgan fingerprint density at radius 2 is 2.12 bits per heavy atom. The molecule has 26 heavy (non-hydrogen) atoms. The molecule has 0 saturated carbocycles. The molecule has 1 aliphatic rings. The lowest BCUT2D eigenvalue weighted by Gasteiger charge is -2.33. The van der Waals surface area contributed by atoms with Gasteiger partial charge in [-0.3, -0.25) is 4.98 Å². The molecule has 2 N–H and O–H groups in total. The maximum Gasteiger partial charge on any atom is 0.317 e. The summed E-state index contributed by atoms with van der Waals surface area (Å²) in [7, 11) is 0. The van der Waals surface area contributed by atoms with Crippen LogP contribution in [0.5, 0.6) is 0 Å². The number of aromatic nitrogens is 1. The predicted octanol–water partition coefficient (Wildman–Crippen LogP) is 2.81. The average Bonchev–Trinajstić information content (AvgIpc) is 2.69. The highest BCUT2D eigenvalue weighted by Crippen LogP contribution is 2.22. The molecule has 1 fully saturated rings. The van der Waals surface area contributed by atoms with Crippen molar-refractivity contribution in [2.75, 3.05) is 38.1 Å². The van der Waals surface area contributed by atoms with Crippen LogP contribution >= 0.6 is 0 Å². The lowest BCUT2D eigenvalue weighted by atomic mass is 10.1. The number of hydrogen-bond donors (Lipinski definition) is 2. The molecule has 0 unspecified atom stereocenters. The minimum atomic E-state index is -0.279. The summed E-state index contributed by atoms with van der Waals surface area (Å²) in [6, 6.07) is 9.95. The molecule has 138 valence electrons. The smallest absolute Gasteiger partial charge is 0.317 e. The fourth-order valence-electron chi connectivity index (χ4n) is 2.81. The zero-order valence-corrected chi connectivity index (χ0v) is 14.5. The first kappa shape index (κ1) is 18.1. The number of urea groups is 1. The molecule has 0 aliphatic carbocycles. The molecule has 2 amide bonds. The molecule has 7 heteroatoms. The van der Waals surface area contributed by atoms with E-state index in [1.807, 2.05) is 12.1 Å². The van der Waals surface area contributed by atoms with Gasteiger partial charge in [-0.1, -0.05) is 12.1 Å². The number of hydrogen-bond acceptors (Lipinski definition) is 4. The average molecular weight is 358 g/mol. The Balaban J connectivity index is 1.39. The van der Waals surface area contributed by atoms with E-state index in [0.717, 1.165) is 24.2 Å². The van der Waals surface area contributed by atoms with Crippen molar-refractivity contribution >= 4 is 11.7 Å². The van der Waals surface area contributed by atoms with Gasteiger partial charge < -0.3 is 20.3 Å². The number of morpholine rings is 1. The normalized spacial score (nSPS) is 17.0. The largest absolute Gasteiger partial charge is 0.384 e. The Kier molecular flexibility index (Phi) is 6.38. The van der Waals surface area contributed by atoms with E-state index < -0.39 is 0 Å². The third kappa shape index (κ3) is 5.16. The number of nitrogens with zero attached hydrogens (tertiary/aromatic N) is 2. The number of anilines is 1. The van der Waals surface area contributed by atoms with E-state index in [9.17, 15) is 9.18 Å². The monoisotopic (exact) mass is 358 g/mol. The minimum Gasteiger partial charge on any atom is -0.384 e. The van der Waals surface area contributed by atoms with Gasteiger partial charge in [-0.25, -0.2) is 9.18 Å². The molecule has 1 aromatic heterocycles. The van der Waals surface area contributed by atoms with Crippen LogP contribution in [0, 0.1) is 5.82 Å². The third-order valence-corrected chi connectivity index (χ3v) is 4.22. The SMILES string of the molecule is O=C(NCCCNc1cccnc1)N1CCO[C@H](c2ccc(F)cc2)C1. The number of rotatable bonds is 6. The number of carbonyl (C=O) groups is 1. The summed E-state index contributed by atoms with van der Waals surface area (Å²) in [5.41, 5.74) is 1.85. The highest BCUT2D eigenvalue weighted by Gasteiger charge is 2.25. The summed E-state index contributed by atoms with van der Waals surface area (Å²) in [4.78, 5) is 18.1. The first-order valence-corrected chi connectivity index (χ1v) is 8.76. The summed E-state index contributed by atoms with van der Waals surface area (Å²) in [6.07, 6.45) is 4.09. The van der Waals surface area contributed by atoms with E-state index in [2.05, 4.69) is 15.6 Å². The summed E-state index contributed by atoms with van der Waals surface area (Å²) in [5, 5.41) is 6.19. The highest BCUT2D eigenvalue weighted by molar-refractivity contribution is 5.74. The van der Waals surface area contributed by atoms with E-state index in [-0.39, 0.29) is 18.0 Å². The molecule has 1 saturated heterocycles. The topological polar surface area (TPSA) is 66.5 Å². The fourth-order valence-corrected chi connectivity index (χ4v) is 2.81. The van der Waals surface area contributed by atoms with E-state index in [1.54, 1.807) is 29.4 Å². The van der Waals surface area contributed by atoms with Crippen LogP contribution in [0.1, 0.15) is 18.1 Å². The number of benzene rings is 1. The lowest BCUT2D eigenvalue weighted by Crippen LogP contribution is -2.47. The predicted molar refractivity (Wildman–Crippen MR) is 97.4 cm³/mol. The van der Waals surface area contributed by atoms with Crippen molar-refractivity contribution in [3.05, 3.63) is 60.2 Å². The van der Waals surface area contributed by atoms with Gasteiger partial charge in [-0.05, 0) is 36.2 Å². The second-order valence-corrected chi connectivity index (χ2v) is 6.11. The Hall–Kier alpha value is -2.67. The second-order valence-electron chi connectivity index (χ2n) is 6.11. The number of carbonyl (C=O) groups excluding carboxylic acids is 1. The van der Waals surface area contributed by atoms with Gasteiger partial charge >= 0.3 is 6.03 Å². The first-order chi connectivity index (χ1) is 12.7. The number of halogens is 1. The van der Waals surface area contributed by atoms with Gasteiger partial charge in [0.05, 0.1) is 18.8 Å². The molecule has 0 bridgehead atoms. The maximum absolute atomic E-state index is 13.0. The molecular weight excluding hydrogens is 335 g/mol. The number of nitrogens with one attached hydrogen (secondary N) is 2. The quantitative estimate of drug-likeness (QED) is 0.780. The van der Waals surface area contributed by atoms with Gasteiger partial charge in [0.25, 0.3) is 0 Å². The number of ether oxygens (including phenoxy) is 1.